The minimum absolute atomic E-state index is 0.432. The number of hydrogen-bond donors (Lipinski definition) is 0. The molecule has 0 fully saturated rings. The van der Waals surface area contributed by atoms with E-state index in [4.69, 9.17) is 4.52 Å². The molecule has 23 heavy (non-hydrogen) atoms. The van der Waals surface area contributed by atoms with Crippen molar-refractivity contribution in [2.75, 3.05) is 6.61 Å². The first kappa shape index (κ1) is 24.6. The molecule has 0 saturated heterocycles. The normalized spacial score (nSPS) is 12.0. The third-order valence-electron chi connectivity index (χ3n) is 3.92. The summed E-state index contributed by atoms with van der Waals surface area (Å²) in [6.07, 6.45) is 18.4. The number of phosphoric acid groups is 1. The molecule has 0 aliphatic rings. The van der Waals surface area contributed by atoms with Crippen molar-refractivity contribution in [2.24, 2.45) is 0 Å². The van der Waals surface area contributed by atoms with Gasteiger partial charge in [-0.3, -0.25) is 4.52 Å². The fourth-order valence-corrected chi connectivity index (χ4v) is 5.06. The quantitative estimate of drug-likeness (QED) is 0.0939. The largest absolute Gasteiger partial charge is 0.493 e. The summed E-state index contributed by atoms with van der Waals surface area (Å²) in [6, 6.07) is 0. The molecule has 0 aromatic heterocycles. The molecule has 0 heterocycles. The van der Waals surface area contributed by atoms with E-state index in [0.717, 1.165) is 12.8 Å². The summed E-state index contributed by atoms with van der Waals surface area (Å²) in [4.78, 5) is 0. The van der Waals surface area contributed by atoms with Gasteiger partial charge >= 0.3 is 7.82 Å². The van der Waals surface area contributed by atoms with Crippen LogP contribution in [0.5, 0.6) is 0 Å². The number of hydrogen-bond acceptors (Lipinski definition) is 4. The second kappa shape index (κ2) is 18.4. The zero-order valence-corrected chi connectivity index (χ0v) is 19.7. The lowest BCUT2D eigenvalue weighted by Crippen LogP contribution is -1.93. The van der Waals surface area contributed by atoms with Crippen molar-refractivity contribution in [3.63, 3.8) is 0 Å². The molecular weight excluding hydrogens is 541 g/mol. The zero-order valence-electron chi connectivity index (χ0n) is 14.4. The summed E-state index contributed by atoms with van der Waals surface area (Å²) >= 11 is 3.10. The molecule has 7 heteroatoms. The molecule has 0 aliphatic carbocycles. The average molecular weight is 574 g/mol. The first-order valence-corrected chi connectivity index (χ1v) is 12.3. The second-order valence-electron chi connectivity index (χ2n) is 6.01. The molecule has 0 N–H and O–H groups in total. The molecule has 0 radical (unpaired) electrons. The molecule has 0 spiro atoms. The highest BCUT2D eigenvalue weighted by molar-refractivity contribution is 14.1. The lowest BCUT2D eigenvalue weighted by Gasteiger charge is -2.10. The Labute approximate surface area is 171 Å². The number of unbranched alkanes of at least 4 members (excludes halogenated alkanes) is 13. The van der Waals surface area contributed by atoms with Gasteiger partial charge < -0.3 is 0 Å². The monoisotopic (exact) mass is 574 g/mol. The molecule has 0 saturated carbocycles. The highest BCUT2D eigenvalue weighted by atomic mass is 127. The SMILES string of the molecule is CCCCCCCCCCCCCCCCOP(=O)(OI)OI. The van der Waals surface area contributed by atoms with E-state index in [0.29, 0.717) is 6.61 Å². The van der Waals surface area contributed by atoms with Gasteiger partial charge in [0.25, 0.3) is 0 Å². The van der Waals surface area contributed by atoms with Crippen molar-refractivity contribution < 1.29 is 14.8 Å². The molecule has 0 unspecified atom stereocenters. The maximum absolute atomic E-state index is 11.6. The van der Waals surface area contributed by atoms with E-state index < -0.39 is 7.82 Å². The molecule has 0 rings (SSSR count). The van der Waals surface area contributed by atoms with Crippen LogP contribution in [0.1, 0.15) is 96.8 Å². The predicted molar refractivity (Wildman–Crippen MR) is 114 cm³/mol. The van der Waals surface area contributed by atoms with Crippen LogP contribution in [0.2, 0.25) is 0 Å². The molecule has 140 valence electrons. The summed E-state index contributed by atoms with van der Waals surface area (Å²) in [5, 5.41) is 0. The highest BCUT2D eigenvalue weighted by Crippen LogP contribution is 2.53. The van der Waals surface area contributed by atoms with Crippen LogP contribution in [-0.4, -0.2) is 6.61 Å². The van der Waals surface area contributed by atoms with Crippen LogP contribution in [0.15, 0.2) is 0 Å². The van der Waals surface area contributed by atoms with Crippen molar-refractivity contribution in [1.82, 2.24) is 0 Å². The van der Waals surface area contributed by atoms with Gasteiger partial charge in [-0.1, -0.05) is 90.4 Å². The van der Waals surface area contributed by atoms with Crippen molar-refractivity contribution in [3.05, 3.63) is 0 Å². The molecule has 4 nitrogen and oxygen atoms in total. The van der Waals surface area contributed by atoms with Gasteiger partial charge in [-0.25, -0.2) is 10.3 Å². The van der Waals surface area contributed by atoms with E-state index in [1.807, 2.05) is 0 Å². The van der Waals surface area contributed by atoms with Crippen LogP contribution in [0.3, 0.4) is 0 Å². The summed E-state index contributed by atoms with van der Waals surface area (Å²) in [5.41, 5.74) is 0. The molecule has 0 bridgehead atoms. The smallest absolute Gasteiger partial charge is 0.286 e. The van der Waals surface area contributed by atoms with Crippen molar-refractivity contribution >= 4 is 53.8 Å². The first-order chi connectivity index (χ1) is 11.2. The van der Waals surface area contributed by atoms with Crippen LogP contribution in [-0.2, 0) is 14.8 Å². The zero-order chi connectivity index (χ0) is 17.2. The Morgan fingerprint density at radius 2 is 1.00 bits per heavy atom. The van der Waals surface area contributed by atoms with Crippen LogP contribution in [0.25, 0.3) is 0 Å². The first-order valence-electron chi connectivity index (χ1n) is 9.03. The van der Waals surface area contributed by atoms with E-state index in [1.165, 1.54) is 77.0 Å². The maximum Gasteiger partial charge on any atom is 0.493 e. The Hall–Kier alpha value is 1.57. The van der Waals surface area contributed by atoms with Gasteiger partial charge in [0.2, 0.25) is 0 Å². The van der Waals surface area contributed by atoms with Crippen LogP contribution in [0, 0.1) is 0 Å². The van der Waals surface area contributed by atoms with Gasteiger partial charge in [0, 0.05) is 0 Å². The summed E-state index contributed by atoms with van der Waals surface area (Å²) in [5.74, 6) is 0. The van der Waals surface area contributed by atoms with Gasteiger partial charge in [-0.2, -0.15) is 0 Å². The fraction of sp³-hybridized carbons (Fsp3) is 1.00. The van der Waals surface area contributed by atoms with E-state index >= 15 is 0 Å². The Balaban J connectivity index is 3.15. The van der Waals surface area contributed by atoms with Crippen molar-refractivity contribution in [2.45, 2.75) is 96.8 Å². The number of halogens is 2. The molecule has 0 amide bonds. The van der Waals surface area contributed by atoms with Crippen molar-refractivity contribution in [1.29, 1.82) is 0 Å². The predicted octanol–water partition coefficient (Wildman–Crippen LogP) is 8.33. The van der Waals surface area contributed by atoms with Crippen molar-refractivity contribution in [3.8, 4) is 0 Å². The van der Waals surface area contributed by atoms with E-state index in [2.05, 4.69) is 12.6 Å². The Bertz CT molecular complexity index is 285. The van der Waals surface area contributed by atoms with E-state index in [-0.39, 0.29) is 0 Å². The Morgan fingerprint density at radius 3 is 1.35 bits per heavy atom. The van der Waals surface area contributed by atoms with Gasteiger partial charge in [0.1, 0.15) is 46.0 Å². The molecule has 0 aliphatic heterocycles. The highest BCUT2D eigenvalue weighted by Gasteiger charge is 2.24. The van der Waals surface area contributed by atoms with E-state index in [9.17, 15) is 4.57 Å². The summed E-state index contributed by atoms with van der Waals surface area (Å²) in [6.45, 7) is 2.70. The van der Waals surface area contributed by atoms with Crippen LogP contribution < -0.4 is 0 Å². The lowest BCUT2D eigenvalue weighted by molar-refractivity contribution is 0.235. The van der Waals surface area contributed by atoms with Gasteiger partial charge in [-0.15, -0.1) is 0 Å². The fourth-order valence-electron chi connectivity index (χ4n) is 2.52. The van der Waals surface area contributed by atoms with Crippen LogP contribution >= 0.6 is 53.8 Å². The van der Waals surface area contributed by atoms with Gasteiger partial charge in [0.15, 0.2) is 0 Å². The topological polar surface area (TPSA) is 44.8 Å². The van der Waals surface area contributed by atoms with Gasteiger partial charge in [-0.05, 0) is 6.42 Å². The van der Waals surface area contributed by atoms with E-state index in [1.54, 1.807) is 46.0 Å². The third-order valence-corrected chi connectivity index (χ3v) is 7.65. The minimum atomic E-state index is -3.29. The minimum Gasteiger partial charge on any atom is -0.286 e. The second-order valence-corrected chi connectivity index (χ2v) is 9.81. The third kappa shape index (κ3) is 16.8. The Kier molecular flexibility index (Phi) is 19.6. The number of rotatable bonds is 18. The molecule has 0 aromatic rings. The Morgan fingerprint density at radius 1 is 0.652 bits per heavy atom. The van der Waals surface area contributed by atoms with Crippen LogP contribution in [0.4, 0.5) is 0 Å². The summed E-state index contributed by atoms with van der Waals surface area (Å²) < 4.78 is 26.1. The van der Waals surface area contributed by atoms with Gasteiger partial charge in [0.05, 0.1) is 6.61 Å². The average Bonchev–Trinajstić information content (AvgIpc) is 2.58. The maximum atomic E-state index is 11.6. The molecule has 0 aromatic carbocycles. The molecular formula is C16H33I2O4P. The standard InChI is InChI=1S/C16H33I2O4P/c1-2-3-4-5-6-7-8-9-10-11-12-13-14-15-16-20-23(19,21-17)22-18/h2-16H2,1H3. The lowest BCUT2D eigenvalue weighted by atomic mass is 10.0. The summed E-state index contributed by atoms with van der Waals surface area (Å²) in [7, 11) is -3.29. The molecule has 0 atom stereocenters.